The first kappa shape index (κ1) is 23.7. The van der Waals surface area contributed by atoms with E-state index in [1.54, 1.807) is 6.08 Å². The van der Waals surface area contributed by atoms with E-state index in [0.717, 1.165) is 50.0 Å². The smallest absolute Gasteiger partial charge is 0.247 e. The van der Waals surface area contributed by atoms with Gasteiger partial charge in [-0.05, 0) is 56.1 Å². The highest BCUT2D eigenvalue weighted by atomic mass is 16.2. The first-order valence-corrected chi connectivity index (χ1v) is 11.7. The molecule has 2 amide bonds. The molecule has 1 atom stereocenters. The van der Waals surface area contributed by atoms with Gasteiger partial charge in [-0.3, -0.25) is 9.59 Å². The van der Waals surface area contributed by atoms with E-state index in [9.17, 15) is 9.59 Å². The maximum Gasteiger partial charge on any atom is 0.247 e. The van der Waals surface area contributed by atoms with Gasteiger partial charge >= 0.3 is 0 Å². The van der Waals surface area contributed by atoms with Crippen LogP contribution in [-0.4, -0.2) is 54.3 Å². The Bertz CT molecular complexity index is 867. The van der Waals surface area contributed by atoms with Crippen molar-refractivity contribution in [2.75, 3.05) is 32.7 Å². The SMILES string of the molecule is CCN1CCCCNC(=O)CC(c2ccccc2)N(C(=O)/C=C/c2ccccc2)CCC1. The van der Waals surface area contributed by atoms with Crippen molar-refractivity contribution in [2.24, 2.45) is 0 Å². The minimum Gasteiger partial charge on any atom is -0.356 e. The Morgan fingerprint density at radius 1 is 0.969 bits per heavy atom. The summed E-state index contributed by atoms with van der Waals surface area (Å²) in [5, 5.41) is 3.06. The van der Waals surface area contributed by atoms with Crippen molar-refractivity contribution >= 4 is 17.9 Å². The summed E-state index contributed by atoms with van der Waals surface area (Å²) >= 11 is 0. The Balaban J connectivity index is 1.87. The fourth-order valence-corrected chi connectivity index (χ4v) is 4.16. The molecule has 1 aliphatic rings. The van der Waals surface area contributed by atoms with Crippen LogP contribution in [0, 0.1) is 0 Å². The normalized spacial score (nSPS) is 19.6. The van der Waals surface area contributed by atoms with Crippen molar-refractivity contribution < 1.29 is 9.59 Å². The second kappa shape index (κ2) is 12.8. The van der Waals surface area contributed by atoms with E-state index in [1.807, 2.05) is 71.6 Å². The van der Waals surface area contributed by atoms with Gasteiger partial charge in [0.15, 0.2) is 0 Å². The van der Waals surface area contributed by atoms with Crippen LogP contribution in [0.2, 0.25) is 0 Å². The molecule has 0 aliphatic carbocycles. The van der Waals surface area contributed by atoms with Crippen molar-refractivity contribution in [2.45, 2.75) is 38.6 Å². The van der Waals surface area contributed by atoms with Gasteiger partial charge in [0.05, 0.1) is 12.5 Å². The average Bonchev–Trinajstić information content (AvgIpc) is 2.85. The zero-order chi connectivity index (χ0) is 22.6. The van der Waals surface area contributed by atoms with Gasteiger partial charge < -0.3 is 15.1 Å². The molecule has 5 heteroatoms. The molecule has 1 unspecified atom stereocenters. The molecule has 1 saturated heterocycles. The minimum atomic E-state index is -0.292. The number of carbonyl (C=O) groups excluding carboxylic acids is 2. The first-order chi connectivity index (χ1) is 15.7. The molecule has 0 bridgehead atoms. The van der Waals surface area contributed by atoms with Gasteiger partial charge in [-0.25, -0.2) is 0 Å². The van der Waals surface area contributed by atoms with Gasteiger partial charge in [-0.1, -0.05) is 67.6 Å². The summed E-state index contributed by atoms with van der Waals surface area (Å²) in [4.78, 5) is 30.5. The third-order valence-corrected chi connectivity index (χ3v) is 5.98. The highest BCUT2D eigenvalue weighted by molar-refractivity contribution is 5.92. The van der Waals surface area contributed by atoms with Crippen molar-refractivity contribution in [3.8, 4) is 0 Å². The van der Waals surface area contributed by atoms with E-state index in [0.29, 0.717) is 13.1 Å². The van der Waals surface area contributed by atoms with Crippen LogP contribution in [0.1, 0.15) is 49.8 Å². The molecule has 0 radical (unpaired) electrons. The third kappa shape index (κ3) is 7.34. The van der Waals surface area contributed by atoms with Gasteiger partial charge in [-0.15, -0.1) is 0 Å². The standard InChI is InChI=1S/C27H35N3O2/c1-2-29-19-10-9-18-28-26(31)22-25(24-14-7-4-8-15-24)30(21-11-20-29)27(32)17-16-23-12-5-3-6-13-23/h3-8,12-17,25H,2,9-11,18-22H2,1H3,(H,28,31)/b17-16+. The summed E-state index contributed by atoms with van der Waals surface area (Å²) in [6, 6.07) is 19.5. The van der Waals surface area contributed by atoms with Gasteiger partial charge in [0.2, 0.25) is 11.8 Å². The van der Waals surface area contributed by atoms with Crippen molar-refractivity contribution in [1.82, 2.24) is 15.1 Å². The summed E-state index contributed by atoms with van der Waals surface area (Å²) < 4.78 is 0. The molecule has 2 aromatic rings. The van der Waals surface area contributed by atoms with E-state index < -0.39 is 0 Å². The molecular formula is C27H35N3O2. The first-order valence-electron chi connectivity index (χ1n) is 11.7. The number of rotatable bonds is 4. The Hall–Kier alpha value is -2.92. The molecule has 2 aromatic carbocycles. The van der Waals surface area contributed by atoms with Gasteiger partial charge in [-0.2, -0.15) is 0 Å². The fraction of sp³-hybridized carbons (Fsp3) is 0.407. The van der Waals surface area contributed by atoms with E-state index in [-0.39, 0.29) is 24.3 Å². The maximum absolute atomic E-state index is 13.4. The van der Waals surface area contributed by atoms with Gasteiger partial charge in [0, 0.05) is 19.2 Å². The molecule has 1 fully saturated rings. The van der Waals surface area contributed by atoms with Crippen LogP contribution in [-0.2, 0) is 9.59 Å². The van der Waals surface area contributed by atoms with Crippen LogP contribution in [0.4, 0.5) is 0 Å². The summed E-state index contributed by atoms with van der Waals surface area (Å²) in [5.41, 5.74) is 1.98. The second-order valence-corrected chi connectivity index (χ2v) is 8.25. The molecule has 1 aliphatic heterocycles. The predicted octanol–water partition coefficient (Wildman–Crippen LogP) is 4.28. The molecule has 5 nitrogen and oxygen atoms in total. The van der Waals surface area contributed by atoms with Crippen molar-refractivity contribution in [3.63, 3.8) is 0 Å². The number of carbonyl (C=O) groups is 2. The van der Waals surface area contributed by atoms with E-state index in [4.69, 9.17) is 0 Å². The lowest BCUT2D eigenvalue weighted by Crippen LogP contribution is -2.39. The van der Waals surface area contributed by atoms with Crippen molar-refractivity contribution in [1.29, 1.82) is 0 Å². The highest BCUT2D eigenvalue weighted by Crippen LogP contribution is 2.26. The van der Waals surface area contributed by atoms with Crippen LogP contribution in [0.15, 0.2) is 66.7 Å². The lowest BCUT2D eigenvalue weighted by molar-refractivity contribution is -0.130. The van der Waals surface area contributed by atoms with E-state index in [2.05, 4.69) is 17.1 Å². The number of nitrogens with zero attached hydrogens (tertiary/aromatic N) is 2. The second-order valence-electron chi connectivity index (χ2n) is 8.25. The Labute approximate surface area is 192 Å². The third-order valence-electron chi connectivity index (χ3n) is 5.98. The summed E-state index contributed by atoms with van der Waals surface area (Å²) in [5.74, 6) is -0.0660. The molecular weight excluding hydrogens is 398 g/mol. The van der Waals surface area contributed by atoms with E-state index in [1.165, 1.54) is 0 Å². The molecule has 0 spiro atoms. The highest BCUT2D eigenvalue weighted by Gasteiger charge is 2.26. The van der Waals surface area contributed by atoms with Crippen LogP contribution in [0.5, 0.6) is 0 Å². The number of hydrogen-bond acceptors (Lipinski definition) is 3. The molecule has 0 aromatic heterocycles. The number of amides is 2. The van der Waals surface area contributed by atoms with Crippen LogP contribution in [0.25, 0.3) is 6.08 Å². The zero-order valence-electron chi connectivity index (χ0n) is 19.1. The molecule has 1 heterocycles. The summed E-state index contributed by atoms with van der Waals surface area (Å²) in [6.45, 7) is 6.44. The summed E-state index contributed by atoms with van der Waals surface area (Å²) in [7, 11) is 0. The zero-order valence-corrected chi connectivity index (χ0v) is 19.1. The lowest BCUT2D eigenvalue weighted by Gasteiger charge is -2.32. The largest absolute Gasteiger partial charge is 0.356 e. The molecule has 170 valence electrons. The van der Waals surface area contributed by atoms with Gasteiger partial charge in [0.1, 0.15) is 0 Å². The van der Waals surface area contributed by atoms with Crippen molar-refractivity contribution in [3.05, 3.63) is 77.9 Å². The van der Waals surface area contributed by atoms with Crippen LogP contribution >= 0.6 is 0 Å². The summed E-state index contributed by atoms with van der Waals surface area (Å²) in [6.07, 6.45) is 6.68. The molecule has 3 rings (SSSR count). The number of hydrogen-bond donors (Lipinski definition) is 1. The quantitative estimate of drug-likeness (QED) is 0.732. The Kier molecular flexibility index (Phi) is 9.51. The fourth-order valence-electron chi connectivity index (χ4n) is 4.16. The Morgan fingerprint density at radius 2 is 1.66 bits per heavy atom. The minimum absolute atomic E-state index is 0.00436. The lowest BCUT2D eigenvalue weighted by atomic mass is 10.0. The molecule has 0 saturated carbocycles. The molecule has 1 N–H and O–H groups in total. The van der Waals surface area contributed by atoms with Crippen LogP contribution < -0.4 is 5.32 Å². The molecule has 32 heavy (non-hydrogen) atoms. The maximum atomic E-state index is 13.4. The average molecular weight is 434 g/mol. The topological polar surface area (TPSA) is 52.7 Å². The Morgan fingerprint density at radius 3 is 2.38 bits per heavy atom. The van der Waals surface area contributed by atoms with E-state index >= 15 is 0 Å². The predicted molar refractivity (Wildman–Crippen MR) is 130 cm³/mol. The number of nitrogens with one attached hydrogen (secondary N) is 1. The van der Waals surface area contributed by atoms with Crippen LogP contribution in [0.3, 0.4) is 0 Å². The van der Waals surface area contributed by atoms with Gasteiger partial charge in [0.25, 0.3) is 0 Å². The number of benzene rings is 2. The monoisotopic (exact) mass is 433 g/mol.